The number of fused-ring (bicyclic) bond motifs is 1. The maximum absolute atomic E-state index is 11.0. The van der Waals surface area contributed by atoms with E-state index >= 15 is 0 Å². The predicted octanol–water partition coefficient (Wildman–Crippen LogP) is 3.87. The zero-order chi connectivity index (χ0) is 16.5. The quantitative estimate of drug-likeness (QED) is 0.286. The summed E-state index contributed by atoms with van der Waals surface area (Å²) in [6.07, 6.45) is 7.96. The first kappa shape index (κ1) is 17.8. The molecule has 0 bridgehead atoms. The molecule has 0 unspecified atom stereocenters. The van der Waals surface area contributed by atoms with Gasteiger partial charge in [-0.05, 0) is 47.4 Å². The van der Waals surface area contributed by atoms with Crippen LogP contribution >= 0.6 is 44.2 Å². The van der Waals surface area contributed by atoms with Gasteiger partial charge in [0, 0.05) is 11.1 Å². The lowest BCUT2D eigenvalue weighted by molar-refractivity contribution is -0.386. The summed E-state index contributed by atoms with van der Waals surface area (Å²) in [4.78, 5) is 14.7. The maximum Gasteiger partial charge on any atom is 0.301 e. The lowest BCUT2D eigenvalue weighted by Gasteiger charge is -2.24. The van der Waals surface area contributed by atoms with E-state index in [-0.39, 0.29) is 5.69 Å². The molecule has 22 heavy (non-hydrogen) atoms. The third kappa shape index (κ3) is 4.03. The smallest absolute Gasteiger partial charge is 0.301 e. The van der Waals surface area contributed by atoms with Gasteiger partial charge in [0.1, 0.15) is 27.3 Å². The fourth-order valence-electron chi connectivity index (χ4n) is 1.84. The number of ether oxygens (including phenoxy) is 1. The van der Waals surface area contributed by atoms with E-state index in [0.29, 0.717) is 33.1 Å². The van der Waals surface area contributed by atoms with Crippen LogP contribution in [0.4, 0.5) is 5.69 Å². The number of nitro groups is 1. The van der Waals surface area contributed by atoms with Gasteiger partial charge in [-0.15, -0.1) is 0 Å². The van der Waals surface area contributed by atoms with E-state index in [1.165, 1.54) is 6.20 Å². The van der Waals surface area contributed by atoms with Crippen molar-refractivity contribution in [3.05, 3.63) is 31.1 Å². The number of halogens is 2. The Kier molecular flexibility index (Phi) is 5.57. The minimum atomic E-state index is -0.599. The molecule has 0 aromatic carbocycles. The second-order valence-electron chi connectivity index (χ2n) is 5.68. The molecule has 0 saturated carbocycles. The highest BCUT2D eigenvalue weighted by molar-refractivity contribution is 14.1. The van der Waals surface area contributed by atoms with Crippen LogP contribution in [0.25, 0.3) is 11.0 Å². The number of pyridine rings is 1. The molecule has 0 aliphatic heterocycles. The summed E-state index contributed by atoms with van der Waals surface area (Å²) in [7, 11) is -0.599. The molecule has 2 heterocycles. The van der Waals surface area contributed by atoms with E-state index in [9.17, 15) is 10.1 Å². The minimum absolute atomic E-state index is 0.0147. The summed E-state index contributed by atoms with van der Waals surface area (Å²) in [5.41, 5.74) is 0.585. The molecule has 0 aliphatic carbocycles. The number of hydrogen-bond donors (Lipinski definition) is 0. The molecule has 0 radical (unpaired) electrons. The van der Waals surface area contributed by atoms with Crippen LogP contribution in [0.5, 0.6) is 0 Å². The summed E-state index contributed by atoms with van der Waals surface area (Å²) in [5, 5.41) is 12.1. The van der Waals surface area contributed by atoms with E-state index in [1.807, 2.05) is 22.6 Å². The number of aromatic nitrogens is 2. The Morgan fingerprint density at radius 2 is 2.18 bits per heavy atom. The van der Waals surface area contributed by atoms with Gasteiger partial charge in [-0.25, -0.2) is 15.0 Å². The van der Waals surface area contributed by atoms with Gasteiger partial charge in [0.05, 0.1) is 11.5 Å². The lowest BCUT2D eigenvalue weighted by Crippen LogP contribution is -2.10. The summed E-state index contributed by atoms with van der Waals surface area (Å²) in [6, 6.07) is 1.69. The zero-order valence-electron chi connectivity index (χ0n) is 12.5. The van der Waals surface area contributed by atoms with Crippen molar-refractivity contribution in [2.45, 2.75) is 6.73 Å². The molecule has 2 aromatic rings. The summed E-state index contributed by atoms with van der Waals surface area (Å²) < 4.78 is 7.94. The molecule has 0 atom stereocenters. The van der Waals surface area contributed by atoms with Gasteiger partial charge in [-0.3, -0.25) is 14.7 Å². The van der Waals surface area contributed by atoms with Crippen molar-refractivity contribution in [2.24, 2.45) is 0 Å². The second kappa shape index (κ2) is 6.90. The van der Waals surface area contributed by atoms with Crippen LogP contribution in [0, 0.1) is 13.7 Å². The van der Waals surface area contributed by atoms with Gasteiger partial charge < -0.3 is 4.74 Å². The third-order valence-corrected chi connectivity index (χ3v) is 5.88. The van der Waals surface area contributed by atoms with Crippen LogP contribution in [-0.4, -0.2) is 45.6 Å². The molecule has 2 aromatic heterocycles. The summed E-state index contributed by atoms with van der Waals surface area (Å²) >= 11 is 8.16. The molecule has 9 heteroatoms. The van der Waals surface area contributed by atoms with Gasteiger partial charge >= 0.3 is 5.69 Å². The second-order valence-corrected chi connectivity index (χ2v) is 11.7. The Morgan fingerprint density at radius 1 is 1.50 bits per heavy atom. The lowest BCUT2D eigenvalue weighted by atomic mass is 10.3. The van der Waals surface area contributed by atoms with Gasteiger partial charge in [0.2, 0.25) is 0 Å². The Labute approximate surface area is 148 Å². The zero-order valence-corrected chi connectivity index (χ0v) is 16.2. The Balaban J connectivity index is 2.22. The van der Waals surface area contributed by atoms with Crippen molar-refractivity contribution in [2.75, 3.05) is 31.1 Å². The van der Waals surface area contributed by atoms with E-state index < -0.39 is 15.0 Å². The maximum atomic E-state index is 11.0. The van der Waals surface area contributed by atoms with Crippen molar-refractivity contribution in [1.82, 2.24) is 9.55 Å². The fraction of sp³-hybridized carbons (Fsp3) is 0.462. The van der Waals surface area contributed by atoms with E-state index in [4.69, 9.17) is 16.3 Å². The monoisotopic (exact) mass is 457 g/mol. The average molecular weight is 458 g/mol. The summed E-state index contributed by atoms with van der Waals surface area (Å²) in [5.74, 6) is 1.01. The van der Waals surface area contributed by atoms with Gasteiger partial charge in [-0.2, -0.15) is 0 Å². The molecule has 2 rings (SSSR count). The molecule has 0 saturated heterocycles. The first-order valence-corrected chi connectivity index (χ1v) is 10.9. The molecule has 0 spiro atoms. The number of nitrogens with zero attached hydrogens (tertiary/aromatic N) is 3. The normalized spacial score (nSPS) is 12.8. The fourth-order valence-corrected chi connectivity index (χ4v) is 3.43. The van der Waals surface area contributed by atoms with Crippen LogP contribution in [0.15, 0.2) is 12.3 Å². The van der Waals surface area contributed by atoms with Crippen molar-refractivity contribution in [1.29, 1.82) is 0 Å². The van der Waals surface area contributed by atoms with E-state index in [1.54, 1.807) is 10.6 Å². The molecular weight excluding hydrogens is 441 g/mol. The standard InChI is InChI=1S/C13H17ClIN3O3S/c1-22(2,3)5-4-21-8-17-11(14)6-9-12(15)10(18(19)20)7-16-13(9)17/h6-7H,4-5,8H2,1-3H3. The van der Waals surface area contributed by atoms with Crippen molar-refractivity contribution in [3.8, 4) is 0 Å². The van der Waals surface area contributed by atoms with Gasteiger partial charge in [-0.1, -0.05) is 11.6 Å². The SMILES string of the molecule is CS(C)(C)CCOCn1c(Cl)cc2c(I)c([N+](=O)[O-])cnc21. The molecule has 0 N–H and O–H groups in total. The first-order valence-electron chi connectivity index (χ1n) is 6.42. The van der Waals surface area contributed by atoms with Crippen LogP contribution < -0.4 is 0 Å². The largest absolute Gasteiger partial charge is 0.360 e. The highest BCUT2D eigenvalue weighted by Gasteiger charge is 2.19. The Morgan fingerprint density at radius 3 is 2.77 bits per heavy atom. The molecular formula is C13H17ClIN3O3S. The molecule has 122 valence electrons. The highest BCUT2D eigenvalue weighted by Crippen LogP contribution is 2.34. The van der Waals surface area contributed by atoms with Crippen LogP contribution in [0.2, 0.25) is 5.15 Å². The van der Waals surface area contributed by atoms with Crippen LogP contribution in [0.3, 0.4) is 0 Å². The number of hydrogen-bond acceptors (Lipinski definition) is 4. The predicted molar refractivity (Wildman–Crippen MR) is 100 cm³/mol. The Hall–Kier alpha value is -0.580. The van der Waals surface area contributed by atoms with Crippen molar-refractivity contribution >= 4 is 60.9 Å². The molecule has 6 nitrogen and oxygen atoms in total. The van der Waals surface area contributed by atoms with Gasteiger partial charge in [0.25, 0.3) is 0 Å². The minimum Gasteiger partial charge on any atom is -0.360 e. The van der Waals surface area contributed by atoms with E-state index in [2.05, 4.69) is 23.8 Å². The topological polar surface area (TPSA) is 70.2 Å². The summed E-state index contributed by atoms with van der Waals surface area (Å²) in [6.45, 7) is 0.942. The van der Waals surface area contributed by atoms with Crippen molar-refractivity contribution < 1.29 is 9.66 Å². The molecule has 0 amide bonds. The van der Waals surface area contributed by atoms with E-state index in [0.717, 1.165) is 5.75 Å². The first-order chi connectivity index (χ1) is 10.2. The third-order valence-electron chi connectivity index (χ3n) is 3.05. The van der Waals surface area contributed by atoms with Gasteiger partial charge in [0.15, 0.2) is 0 Å². The molecule has 0 fully saturated rings. The molecule has 0 aliphatic rings. The van der Waals surface area contributed by atoms with Crippen LogP contribution in [0.1, 0.15) is 0 Å². The Bertz CT molecular complexity index is 715. The van der Waals surface area contributed by atoms with Crippen LogP contribution in [-0.2, 0) is 11.5 Å². The van der Waals surface area contributed by atoms with Crippen molar-refractivity contribution in [3.63, 3.8) is 0 Å². The highest BCUT2D eigenvalue weighted by atomic mass is 127. The average Bonchev–Trinajstić information content (AvgIpc) is 2.71. The number of rotatable bonds is 6.